The number of sulfonamides is 1. The number of alkyl halides is 2. The number of hydrogen-bond acceptors (Lipinski definition) is 6. The predicted octanol–water partition coefficient (Wildman–Crippen LogP) is 3.19. The van der Waals surface area contributed by atoms with Crippen LogP contribution in [0.15, 0.2) is 42.5 Å². The number of halogens is 2. The second-order valence-electron chi connectivity index (χ2n) is 9.35. The molecule has 202 valence electrons. The van der Waals surface area contributed by atoms with Crippen LogP contribution < -0.4 is 10.2 Å². The predicted molar refractivity (Wildman–Crippen MR) is 137 cm³/mol. The summed E-state index contributed by atoms with van der Waals surface area (Å²) in [5.41, 5.74) is 1.67. The van der Waals surface area contributed by atoms with Gasteiger partial charge >= 0.3 is 0 Å². The van der Waals surface area contributed by atoms with E-state index in [9.17, 15) is 26.8 Å². The summed E-state index contributed by atoms with van der Waals surface area (Å²) in [4.78, 5) is 31.7. The summed E-state index contributed by atoms with van der Waals surface area (Å²) in [5, 5.41) is 2.76. The lowest BCUT2D eigenvalue weighted by Crippen LogP contribution is -2.41. The van der Waals surface area contributed by atoms with Crippen LogP contribution in [0.2, 0.25) is 0 Å². The number of benzene rings is 2. The van der Waals surface area contributed by atoms with Gasteiger partial charge in [0.05, 0.1) is 23.9 Å². The van der Waals surface area contributed by atoms with Crippen LogP contribution in [-0.2, 0) is 19.6 Å². The number of rotatable bonds is 6. The number of nitrogens with one attached hydrogen (secondary N) is 1. The number of imidazole rings is 1. The molecule has 0 radical (unpaired) electrons. The SMILES string of the molecule is CS(=O)(=O)N1CCC(n2c(NC(=O)c3cccc(C(F)F)c3)nc3cc(N4CCOCC4=O)ccc32)CC1. The van der Waals surface area contributed by atoms with E-state index >= 15 is 0 Å². The monoisotopic (exact) mass is 547 g/mol. The third-order valence-electron chi connectivity index (χ3n) is 6.85. The summed E-state index contributed by atoms with van der Waals surface area (Å²) < 4.78 is 58.9. The molecule has 2 aliphatic rings. The Morgan fingerprint density at radius 2 is 1.89 bits per heavy atom. The Bertz CT molecular complexity index is 1480. The van der Waals surface area contributed by atoms with E-state index in [4.69, 9.17) is 4.74 Å². The van der Waals surface area contributed by atoms with Gasteiger partial charge < -0.3 is 14.2 Å². The van der Waals surface area contributed by atoms with Crippen molar-refractivity contribution in [3.8, 4) is 0 Å². The maximum absolute atomic E-state index is 13.2. The molecule has 2 saturated heterocycles. The smallest absolute Gasteiger partial charge is 0.263 e. The Hall–Kier alpha value is -3.42. The minimum absolute atomic E-state index is 0.00955. The summed E-state index contributed by atoms with van der Waals surface area (Å²) in [6, 6.07) is 10.4. The molecule has 0 unspecified atom stereocenters. The zero-order valence-corrected chi connectivity index (χ0v) is 21.5. The molecular weight excluding hydrogens is 520 g/mol. The van der Waals surface area contributed by atoms with Crippen molar-refractivity contribution in [3.63, 3.8) is 0 Å². The lowest BCUT2D eigenvalue weighted by Gasteiger charge is -2.32. The Labute approximate surface area is 218 Å². The average molecular weight is 548 g/mol. The number of morpholine rings is 1. The first-order valence-electron chi connectivity index (χ1n) is 12.2. The van der Waals surface area contributed by atoms with Crippen molar-refractivity contribution in [2.45, 2.75) is 25.3 Å². The quantitative estimate of drug-likeness (QED) is 0.507. The molecule has 0 atom stereocenters. The summed E-state index contributed by atoms with van der Waals surface area (Å²) in [6.45, 7) is 1.43. The molecule has 10 nitrogen and oxygen atoms in total. The van der Waals surface area contributed by atoms with Crippen molar-refractivity contribution in [1.82, 2.24) is 13.9 Å². The summed E-state index contributed by atoms with van der Waals surface area (Å²) in [7, 11) is -3.33. The molecular formula is C25H27F2N5O5S. The van der Waals surface area contributed by atoms with Crippen molar-refractivity contribution in [1.29, 1.82) is 0 Å². The van der Waals surface area contributed by atoms with Gasteiger partial charge in [0.25, 0.3) is 18.2 Å². The van der Waals surface area contributed by atoms with Crippen molar-refractivity contribution in [2.75, 3.05) is 49.3 Å². The number of aromatic nitrogens is 2. The molecule has 38 heavy (non-hydrogen) atoms. The van der Waals surface area contributed by atoms with Crippen LogP contribution in [0.25, 0.3) is 11.0 Å². The lowest BCUT2D eigenvalue weighted by molar-refractivity contribution is -0.125. The third kappa shape index (κ3) is 5.26. The Kier molecular flexibility index (Phi) is 7.16. The second kappa shape index (κ2) is 10.4. The van der Waals surface area contributed by atoms with Gasteiger partial charge in [0, 0.05) is 42.5 Å². The van der Waals surface area contributed by atoms with Crippen LogP contribution in [0.3, 0.4) is 0 Å². The van der Waals surface area contributed by atoms with E-state index in [-0.39, 0.29) is 35.6 Å². The van der Waals surface area contributed by atoms with Gasteiger partial charge in [-0.2, -0.15) is 0 Å². The van der Waals surface area contributed by atoms with Crippen LogP contribution in [0, 0.1) is 0 Å². The average Bonchev–Trinajstić information content (AvgIpc) is 3.25. The molecule has 3 aromatic rings. The fourth-order valence-corrected chi connectivity index (χ4v) is 5.80. The van der Waals surface area contributed by atoms with Gasteiger partial charge in [0.1, 0.15) is 6.61 Å². The largest absolute Gasteiger partial charge is 0.370 e. The Balaban J connectivity index is 1.51. The summed E-state index contributed by atoms with van der Waals surface area (Å²) in [5.74, 6) is -0.549. The maximum atomic E-state index is 13.2. The van der Waals surface area contributed by atoms with Gasteiger partial charge in [-0.1, -0.05) is 12.1 Å². The standard InChI is InChI=1S/C25H27F2N5O5S/c1-38(35,36)30-9-7-18(8-10-30)32-21-6-5-19(31-11-12-37-15-22(31)33)14-20(21)28-25(32)29-24(34)17-4-2-3-16(13-17)23(26)27/h2-6,13-14,18,23H,7-12,15H2,1H3,(H,28,29,34). The van der Waals surface area contributed by atoms with E-state index in [1.807, 2.05) is 10.6 Å². The molecule has 2 aromatic carbocycles. The molecule has 0 spiro atoms. The van der Waals surface area contributed by atoms with E-state index in [1.54, 1.807) is 17.0 Å². The van der Waals surface area contributed by atoms with E-state index in [0.717, 1.165) is 6.07 Å². The van der Waals surface area contributed by atoms with Gasteiger partial charge in [-0.05, 0) is 43.2 Å². The number of anilines is 2. The molecule has 2 amide bonds. The highest BCUT2D eigenvalue weighted by atomic mass is 32.2. The molecule has 2 aliphatic heterocycles. The van der Waals surface area contributed by atoms with Gasteiger partial charge in [-0.25, -0.2) is 26.5 Å². The summed E-state index contributed by atoms with van der Waals surface area (Å²) >= 11 is 0. The third-order valence-corrected chi connectivity index (χ3v) is 8.16. The normalized spacial score (nSPS) is 17.9. The van der Waals surface area contributed by atoms with Gasteiger partial charge in [-0.15, -0.1) is 0 Å². The number of hydrogen-bond donors (Lipinski definition) is 1. The Morgan fingerprint density at radius 1 is 1.13 bits per heavy atom. The van der Waals surface area contributed by atoms with Crippen LogP contribution in [-0.4, -0.2) is 73.2 Å². The topological polar surface area (TPSA) is 114 Å². The zero-order chi connectivity index (χ0) is 27.0. The molecule has 1 aromatic heterocycles. The number of carbonyl (C=O) groups is 2. The van der Waals surface area contributed by atoms with Crippen LogP contribution in [0.4, 0.5) is 20.4 Å². The zero-order valence-electron chi connectivity index (χ0n) is 20.6. The number of piperidine rings is 1. The van der Waals surface area contributed by atoms with Gasteiger partial charge in [0.2, 0.25) is 16.0 Å². The van der Waals surface area contributed by atoms with Crippen LogP contribution in [0.1, 0.15) is 41.2 Å². The van der Waals surface area contributed by atoms with E-state index < -0.39 is 22.4 Å². The maximum Gasteiger partial charge on any atom is 0.263 e. The number of ether oxygens (including phenoxy) is 1. The van der Waals surface area contributed by atoms with Crippen molar-refractivity contribution < 1.29 is 31.5 Å². The molecule has 1 N–H and O–H groups in total. The van der Waals surface area contributed by atoms with Crippen molar-refractivity contribution >= 4 is 44.5 Å². The van der Waals surface area contributed by atoms with Gasteiger partial charge in [0.15, 0.2) is 0 Å². The molecule has 0 saturated carbocycles. The highest BCUT2D eigenvalue weighted by Crippen LogP contribution is 2.34. The molecule has 13 heteroatoms. The molecule has 2 fully saturated rings. The van der Waals surface area contributed by atoms with Crippen LogP contribution >= 0.6 is 0 Å². The van der Waals surface area contributed by atoms with E-state index in [1.165, 1.54) is 28.8 Å². The molecule has 0 bridgehead atoms. The lowest BCUT2D eigenvalue weighted by atomic mass is 10.1. The first-order chi connectivity index (χ1) is 18.1. The summed E-state index contributed by atoms with van der Waals surface area (Å²) in [6.07, 6.45) is -0.556. The van der Waals surface area contributed by atoms with E-state index in [0.29, 0.717) is 55.8 Å². The van der Waals surface area contributed by atoms with Gasteiger partial charge in [-0.3, -0.25) is 14.9 Å². The number of amides is 2. The highest BCUT2D eigenvalue weighted by Gasteiger charge is 2.30. The molecule has 3 heterocycles. The minimum atomic E-state index is -3.33. The highest BCUT2D eigenvalue weighted by molar-refractivity contribution is 7.88. The van der Waals surface area contributed by atoms with Crippen molar-refractivity contribution in [2.24, 2.45) is 0 Å². The van der Waals surface area contributed by atoms with Crippen LogP contribution in [0.5, 0.6) is 0 Å². The first-order valence-corrected chi connectivity index (χ1v) is 14.0. The fraction of sp³-hybridized carbons (Fsp3) is 0.400. The minimum Gasteiger partial charge on any atom is -0.370 e. The van der Waals surface area contributed by atoms with Crippen molar-refractivity contribution in [3.05, 3.63) is 53.6 Å². The number of nitrogens with zero attached hydrogens (tertiary/aromatic N) is 4. The molecule has 5 rings (SSSR count). The fourth-order valence-electron chi connectivity index (χ4n) is 4.93. The molecule has 0 aliphatic carbocycles. The Morgan fingerprint density at radius 3 is 2.58 bits per heavy atom. The first kappa shape index (κ1) is 26.2. The number of carbonyl (C=O) groups excluding carboxylic acids is 2. The number of fused-ring (bicyclic) bond motifs is 1. The van der Waals surface area contributed by atoms with E-state index in [2.05, 4.69) is 10.3 Å². The second-order valence-corrected chi connectivity index (χ2v) is 11.3.